The summed E-state index contributed by atoms with van der Waals surface area (Å²) in [4.78, 5) is 4.31. The van der Waals surface area contributed by atoms with Crippen molar-refractivity contribution in [1.82, 2.24) is 4.98 Å². The molecule has 4 heteroatoms. The summed E-state index contributed by atoms with van der Waals surface area (Å²) < 4.78 is 5.56. The molecular formula is C18H13N3O. The summed E-state index contributed by atoms with van der Waals surface area (Å²) in [6.07, 6.45) is 1.78. The molecule has 106 valence electrons. The van der Waals surface area contributed by atoms with E-state index in [1.165, 1.54) is 5.39 Å². The molecule has 0 radical (unpaired) electrons. The maximum Gasteiger partial charge on any atom is 0.316 e. The van der Waals surface area contributed by atoms with Gasteiger partial charge in [-0.25, -0.2) is 5.43 Å². The van der Waals surface area contributed by atoms with Crippen LogP contribution in [0.1, 0.15) is 5.56 Å². The van der Waals surface area contributed by atoms with Gasteiger partial charge in [0.25, 0.3) is 0 Å². The minimum Gasteiger partial charge on any atom is -0.422 e. The van der Waals surface area contributed by atoms with Gasteiger partial charge in [-0.2, -0.15) is 10.1 Å². The van der Waals surface area contributed by atoms with Crippen LogP contribution in [0.5, 0.6) is 0 Å². The Balaban J connectivity index is 1.61. The van der Waals surface area contributed by atoms with Gasteiger partial charge in [-0.1, -0.05) is 54.6 Å². The number of para-hydroxylation sites is 2. The molecule has 0 amide bonds. The number of hydrazone groups is 1. The third-order valence-corrected chi connectivity index (χ3v) is 3.48. The van der Waals surface area contributed by atoms with Crippen molar-refractivity contribution in [2.45, 2.75) is 0 Å². The van der Waals surface area contributed by atoms with E-state index in [4.69, 9.17) is 4.42 Å². The van der Waals surface area contributed by atoms with Crippen LogP contribution in [0, 0.1) is 0 Å². The van der Waals surface area contributed by atoms with Crippen LogP contribution >= 0.6 is 0 Å². The maximum absolute atomic E-state index is 5.56. The Bertz CT molecular complexity index is 934. The molecule has 0 unspecified atom stereocenters. The first-order valence-corrected chi connectivity index (χ1v) is 7.02. The molecule has 0 aliphatic carbocycles. The first kappa shape index (κ1) is 12.6. The molecule has 0 bridgehead atoms. The SMILES string of the molecule is C(=NNc1nc2ccccc2o1)c1cccc2ccccc12. The smallest absolute Gasteiger partial charge is 0.316 e. The lowest BCUT2D eigenvalue weighted by Gasteiger charge is -2.00. The van der Waals surface area contributed by atoms with Gasteiger partial charge in [0.1, 0.15) is 5.52 Å². The fourth-order valence-electron chi connectivity index (χ4n) is 2.44. The number of benzene rings is 3. The van der Waals surface area contributed by atoms with E-state index < -0.39 is 0 Å². The summed E-state index contributed by atoms with van der Waals surface area (Å²) in [5, 5.41) is 6.57. The summed E-state index contributed by atoms with van der Waals surface area (Å²) >= 11 is 0. The second-order valence-electron chi connectivity index (χ2n) is 4.93. The normalized spacial score (nSPS) is 11.5. The number of nitrogens with one attached hydrogen (secondary N) is 1. The highest BCUT2D eigenvalue weighted by Gasteiger charge is 2.03. The third-order valence-electron chi connectivity index (χ3n) is 3.48. The molecule has 3 aromatic carbocycles. The lowest BCUT2D eigenvalue weighted by molar-refractivity contribution is 0.617. The van der Waals surface area contributed by atoms with Crippen LogP contribution in [0.2, 0.25) is 0 Å². The minimum atomic E-state index is 0.387. The van der Waals surface area contributed by atoms with E-state index in [9.17, 15) is 0 Å². The van der Waals surface area contributed by atoms with E-state index in [1.54, 1.807) is 6.21 Å². The molecule has 4 aromatic rings. The Labute approximate surface area is 127 Å². The van der Waals surface area contributed by atoms with Gasteiger partial charge in [0.05, 0.1) is 6.21 Å². The van der Waals surface area contributed by atoms with Crippen LogP contribution in [0.3, 0.4) is 0 Å². The summed E-state index contributed by atoms with van der Waals surface area (Å²) in [6.45, 7) is 0. The number of fused-ring (bicyclic) bond motifs is 2. The summed E-state index contributed by atoms with van der Waals surface area (Å²) in [6, 6.07) is 22.3. The van der Waals surface area contributed by atoms with Gasteiger partial charge in [0.2, 0.25) is 0 Å². The van der Waals surface area contributed by atoms with Crippen molar-refractivity contribution in [3.63, 3.8) is 0 Å². The highest BCUT2D eigenvalue weighted by atomic mass is 16.4. The molecule has 1 N–H and O–H groups in total. The van der Waals surface area contributed by atoms with Gasteiger partial charge in [0.15, 0.2) is 5.58 Å². The second kappa shape index (κ2) is 5.33. The van der Waals surface area contributed by atoms with Crippen molar-refractivity contribution >= 4 is 34.1 Å². The second-order valence-corrected chi connectivity index (χ2v) is 4.93. The molecule has 1 heterocycles. The zero-order chi connectivity index (χ0) is 14.8. The largest absolute Gasteiger partial charge is 0.422 e. The number of aromatic nitrogens is 1. The Morgan fingerprint density at radius 1 is 0.909 bits per heavy atom. The van der Waals surface area contributed by atoms with Gasteiger partial charge in [-0.15, -0.1) is 0 Å². The fourth-order valence-corrected chi connectivity index (χ4v) is 2.44. The highest BCUT2D eigenvalue weighted by Crippen LogP contribution is 2.19. The van der Waals surface area contributed by atoms with E-state index in [0.717, 1.165) is 22.0 Å². The van der Waals surface area contributed by atoms with Crippen LogP contribution in [0.15, 0.2) is 76.2 Å². The number of oxazole rings is 1. The van der Waals surface area contributed by atoms with Gasteiger partial charge >= 0.3 is 6.01 Å². The van der Waals surface area contributed by atoms with Crippen molar-refractivity contribution in [1.29, 1.82) is 0 Å². The maximum atomic E-state index is 5.56. The van der Waals surface area contributed by atoms with Gasteiger partial charge in [0, 0.05) is 5.56 Å². The number of hydrogen-bond acceptors (Lipinski definition) is 4. The van der Waals surface area contributed by atoms with Crippen molar-refractivity contribution in [3.05, 3.63) is 72.3 Å². The topological polar surface area (TPSA) is 50.4 Å². The fraction of sp³-hybridized carbons (Fsp3) is 0. The van der Waals surface area contributed by atoms with Crippen LogP contribution in [0.25, 0.3) is 21.9 Å². The van der Waals surface area contributed by atoms with Crippen molar-refractivity contribution in [3.8, 4) is 0 Å². The highest BCUT2D eigenvalue weighted by molar-refractivity contribution is 5.99. The number of anilines is 1. The molecular weight excluding hydrogens is 274 g/mol. The number of nitrogens with zero attached hydrogens (tertiary/aromatic N) is 2. The summed E-state index contributed by atoms with van der Waals surface area (Å²) in [5.74, 6) is 0. The van der Waals surface area contributed by atoms with E-state index in [0.29, 0.717) is 6.01 Å². The molecule has 0 aliphatic rings. The monoisotopic (exact) mass is 287 g/mol. The average Bonchev–Trinajstić information content (AvgIpc) is 2.98. The quantitative estimate of drug-likeness (QED) is 0.448. The van der Waals surface area contributed by atoms with E-state index in [1.807, 2.05) is 48.5 Å². The van der Waals surface area contributed by atoms with Crippen LogP contribution in [0.4, 0.5) is 6.01 Å². The molecule has 0 fully saturated rings. The first-order chi connectivity index (χ1) is 10.9. The lowest BCUT2D eigenvalue weighted by Crippen LogP contribution is -1.91. The molecule has 4 rings (SSSR count). The third kappa shape index (κ3) is 2.31. The van der Waals surface area contributed by atoms with E-state index in [2.05, 4.69) is 33.7 Å². The molecule has 0 spiro atoms. The van der Waals surface area contributed by atoms with Crippen molar-refractivity contribution < 1.29 is 4.42 Å². The molecule has 0 saturated carbocycles. The van der Waals surface area contributed by atoms with Crippen LogP contribution in [-0.2, 0) is 0 Å². The molecule has 0 atom stereocenters. The van der Waals surface area contributed by atoms with Crippen LogP contribution < -0.4 is 5.43 Å². The lowest BCUT2D eigenvalue weighted by atomic mass is 10.1. The van der Waals surface area contributed by atoms with E-state index in [-0.39, 0.29) is 0 Å². The van der Waals surface area contributed by atoms with Gasteiger partial charge in [-0.3, -0.25) is 0 Å². The van der Waals surface area contributed by atoms with Gasteiger partial charge in [-0.05, 0) is 22.9 Å². The summed E-state index contributed by atoms with van der Waals surface area (Å²) in [5.41, 5.74) is 5.43. The summed E-state index contributed by atoms with van der Waals surface area (Å²) in [7, 11) is 0. The molecule has 4 nitrogen and oxygen atoms in total. The average molecular weight is 287 g/mol. The number of hydrogen-bond donors (Lipinski definition) is 1. The minimum absolute atomic E-state index is 0.387. The Hall–Kier alpha value is -3.14. The zero-order valence-electron chi connectivity index (χ0n) is 11.7. The predicted octanol–water partition coefficient (Wildman–Crippen LogP) is 4.43. The zero-order valence-corrected chi connectivity index (χ0v) is 11.7. The Morgan fingerprint density at radius 3 is 2.68 bits per heavy atom. The molecule has 22 heavy (non-hydrogen) atoms. The molecule has 0 saturated heterocycles. The first-order valence-electron chi connectivity index (χ1n) is 7.02. The Morgan fingerprint density at radius 2 is 1.73 bits per heavy atom. The predicted molar refractivity (Wildman–Crippen MR) is 89.2 cm³/mol. The van der Waals surface area contributed by atoms with Crippen molar-refractivity contribution in [2.24, 2.45) is 5.10 Å². The van der Waals surface area contributed by atoms with Gasteiger partial charge < -0.3 is 4.42 Å². The molecule has 1 aromatic heterocycles. The molecule has 0 aliphatic heterocycles. The van der Waals surface area contributed by atoms with Crippen LogP contribution in [-0.4, -0.2) is 11.2 Å². The van der Waals surface area contributed by atoms with Crippen molar-refractivity contribution in [2.75, 3.05) is 5.43 Å². The van der Waals surface area contributed by atoms with E-state index >= 15 is 0 Å². The standard InChI is InChI=1S/C18H13N3O/c1-2-9-15-13(6-1)7-5-8-14(15)12-19-21-18-20-16-10-3-4-11-17(16)22-18/h1-12H,(H,20,21). The number of rotatable bonds is 3. The Kier molecular flexibility index (Phi) is 3.05.